The normalized spacial score (nSPS) is 17.3. The van der Waals surface area contributed by atoms with Crippen LogP contribution >= 0.6 is 11.6 Å². The number of nitrogens with one attached hydrogen (secondary N) is 1. The average molecular weight is 480 g/mol. The van der Waals surface area contributed by atoms with Crippen molar-refractivity contribution in [3.8, 4) is 0 Å². The molecule has 2 atom stereocenters. The molecule has 0 aliphatic carbocycles. The molecule has 1 amide bonds. The standard InChI is InChI=1S/C24H30ClN3O3.ClH/c1-16-14-22(27-20-8-6-19(25)7-9-20)21-15-18(5-10-23(21)28(16)17(2)29)24(30)4-3-12-31-13-11-26;/h5-10,15-16,22,27H,3-4,11-14,26H2,1-2H3;1H/t16-,22+;/m0./s1. The molecule has 0 bridgehead atoms. The van der Waals surface area contributed by atoms with Gasteiger partial charge in [-0.05, 0) is 67.8 Å². The molecule has 0 spiro atoms. The van der Waals surface area contributed by atoms with Crippen LogP contribution in [0.15, 0.2) is 42.5 Å². The summed E-state index contributed by atoms with van der Waals surface area (Å²) in [5, 5.41) is 4.23. The summed E-state index contributed by atoms with van der Waals surface area (Å²) < 4.78 is 5.43. The Bertz CT molecular complexity index is 921. The largest absolute Gasteiger partial charge is 1.00 e. The Morgan fingerprint density at radius 1 is 1.19 bits per heavy atom. The molecule has 2 aromatic rings. The second-order valence-corrected chi connectivity index (χ2v) is 8.38. The maximum Gasteiger partial charge on any atom is 0.224 e. The second-order valence-electron chi connectivity index (χ2n) is 7.94. The number of fused-ring (bicyclic) bond motifs is 1. The number of anilines is 2. The lowest BCUT2D eigenvalue weighted by molar-refractivity contribution is -0.374. The molecule has 32 heavy (non-hydrogen) atoms. The first kappa shape index (κ1) is 26.1. The number of halogens is 2. The maximum atomic E-state index is 12.8. The van der Waals surface area contributed by atoms with E-state index in [1.165, 1.54) is 0 Å². The first-order valence-corrected chi connectivity index (χ1v) is 11.1. The molecule has 1 aliphatic heterocycles. The van der Waals surface area contributed by atoms with Crippen molar-refractivity contribution >= 4 is 34.7 Å². The van der Waals surface area contributed by atoms with Crippen LogP contribution in [-0.4, -0.2) is 37.5 Å². The number of nitrogens with zero attached hydrogens (tertiary/aromatic N) is 1. The summed E-state index contributed by atoms with van der Waals surface area (Å²) in [7, 11) is 0. The van der Waals surface area contributed by atoms with Crippen LogP contribution in [0.5, 0.6) is 0 Å². The SMILES string of the molecule is CC(=O)N1c2ccc(C(=O)CCCOCC[NH3+])cc2[C@H](Nc2ccc(Cl)cc2)C[C@@H]1C.[Cl-]. The number of rotatable bonds is 9. The molecule has 0 radical (unpaired) electrons. The molecule has 174 valence electrons. The van der Waals surface area contributed by atoms with Gasteiger partial charge in [0.05, 0.1) is 19.2 Å². The third kappa shape index (κ3) is 6.45. The smallest absolute Gasteiger partial charge is 0.224 e. The van der Waals surface area contributed by atoms with Crippen molar-refractivity contribution in [2.75, 3.05) is 30.0 Å². The van der Waals surface area contributed by atoms with Crippen LogP contribution in [-0.2, 0) is 9.53 Å². The summed E-state index contributed by atoms with van der Waals surface area (Å²) in [5.41, 5.74) is 7.17. The molecule has 0 aromatic heterocycles. The van der Waals surface area contributed by atoms with E-state index in [1.807, 2.05) is 54.3 Å². The highest BCUT2D eigenvalue weighted by atomic mass is 35.5. The van der Waals surface area contributed by atoms with Crippen LogP contribution in [0, 0.1) is 0 Å². The monoisotopic (exact) mass is 479 g/mol. The van der Waals surface area contributed by atoms with E-state index in [1.54, 1.807) is 6.92 Å². The van der Waals surface area contributed by atoms with Crippen LogP contribution in [0.3, 0.4) is 0 Å². The molecule has 0 unspecified atom stereocenters. The van der Waals surface area contributed by atoms with Crippen LogP contribution in [0.2, 0.25) is 5.02 Å². The lowest BCUT2D eigenvalue weighted by Crippen LogP contribution is -3.00. The molecular formula is C24H31Cl2N3O3. The van der Waals surface area contributed by atoms with Gasteiger partial charge in [-0.15, -0.1) is 0 Å². The van der Waals surface area contributed by atoms with Gasteiger partial charge in [0.15, 0.2) is 5.78 Å². The highest BCUT2D eigenvalue weighted by molar-refractivity contribution is 6.30. The molecule has 3 rings (SSSR count). The third-order valence-electron chi connectivity index (χ3n) is 5.51. The van der Waals surface area contributed by atoms with E-state index in [2.05, 4.69) is 11.1 Å². The highest BCUT2D eigenvalue weighted by Crippen LogP contribution is 2.40. The molecule has 8 heteroatoms. The number of carbonyl (C=O) groups is 2. The fraction of sp³-hybridized carbons (Fsp3) is 0.417. The number of hydrogen-bond donors (Lipinski definition) is 2. The van der Waals surface area contributed by atoms with Gasteiger partial charge in [0.1, 0.15) is 0 Å². The van der Waals surface area contributed by atoms with Gasteiger partial charge in [0.2, 0.25) is 5.91 Å². The molecule has 2 aromatic carbocycles. The van der Waals surface area contributed by atoms with Gasteiger partial charge < -0.3 is 33.1 Å². The minimum atomic E-state index is -0.0186. The lowest BCUT2D eigenvalue weighted by atomic mass is 9.89. The number of ether oxygens (including phenoxy) is 1. The van der Waals surface area contributed by atoms with E-state index in [0.29, 0.717) is 36.6 Å². The van der Waals surface area contributed by atoms with E-state index in [4.69, 9.17) is 16.3 Å². The summed E-state index contributed by atoms with van der Waals surface area (Å²) >= 11 is 6.02. The number of quaternary nitrogens is 1. The van der Waals surface area contributed by atoms with Gasteiger partial charge in [0, 0.05) is 48.0 Å². The van der Waals surface area contributed by atoms with Gasteiger partial charge in [-0.1, -0.05) is 11.6 Å². The van der Waals surface area contributed by atoms with Crippen LogP contribution < -0.4 is 28.4 Å². The van der Waals surface area contributed by atoms with Crippen molar-refractivity contribution < 1.29 is 32.5 Å². The van der Waals surface area contributed by atoms with E-state index in [9.17, 15) is 9.59 Å². The van der Waals surface area contributed by atoms with E-state index in [0.717, 1.165) is 29.9 Å². The molecule has 1 aliphatic rings. The number of ketones is 1. The Morgan fingerprint density at radius 2 is 1.91 bits per heavy atom. The van der Waals surface area contributed by atoms with Crippen molar-refractivity contribution in [2.24, 2.45) is 0 Å². The average Bonchev–Trinajstić information content (AvgIpc) is 2.74. The van der Waals surface area contributed by atoms with Crippen LogP contribution in [0.25, 0.3) is 0 Å². The van der Waals surface area contributed by atoms with Crippen molar-refractivity contribution in [1.82, 2.24) is 0 Å². The summed E-state index contributed by atoms with van der Waals surface area (Å²) in [5.74, 6) is 0.0830. The number of Topliss-reactive ketones (excluding diaryl/α,β-unsaturated/α-hetero) is 1. The van der Waals surface area contributed by atoms with E-state index >= 15 is 0 Å². The molecule has 6 nitrogen and oxygen atoms in total. The highest BCUT2D eigenvalue weighted by Gasteiger charge is 2.33. The summed E-state index contributed by atoms with van der Waals surface area (Å²) in [4.78, 5) is 26.9. The molecule has 0 saturated carbocycles. The summed E-state index contributed by atoms with van der Waals surface area (Å²) in [6.45, 7) is 5.53. The predicted octanol–water partition coefficient (Wildman–Crippen LogP) is 0.864. The van der Waals surface area contributed by atoms with E-state index < -0.39 is 0 Å². The topological polar surface area (TPSA) is 86.3 Å². The molecule has 1 heterocycles. The number of amides is 1. The fourth-order valence-corrected chi connectivity index (χ4v) is 4.21. The van der Waals surface area contributed by atoms with Crippen molar-refractivity contribution in [3.63, 3.8) is 0 Å². The van der Waals surface area contributed by atoms with E-state index in [-0.39, 0.29) is 36.2 Å². The molecule has 4 N–H and O–H groups in total. The zero-order valence-corrected chi connectivity index (χ0v) is 20.1. The van der Waals surface area contributed by atoms with Gasteiger partial charge in [0.25, 0.3) is 0 Å². The number of benzene rings is 2. The minimum absolute atomic E-state index is 0. The fourth-order valence-electron chi connectivity index (χ4n) is 4.08. The minimum Gasteiger partial charge on any atom is -1.00 e. The van der Waals surface area contributed by atoms with Gasteiger partial charge >= 0.3 is 0 Å². The van der Waals surface area contributed by atoms with Crippen molar-refractivity contribution in [3.05, 3.63) is 58.6 Å². The Labute approximate surface area is 200 Å². The van der Waals surface area contributed by atoms with Crippen LogP contribution in [0.4, 0.5) is 11.4 Å². The van der Waals surface area contributed by atoms with Gasteiger partial charge in [-0.25, -0.2) is 0 Å². The Morgan fingerprint density at radius 3 is 2.56 bits per heavy atom. The van der Waals surface area contributed by atoms with Crippen molar-refractivity contribution in [1.29, 1.82) is 0 Å². The molecular weight excluding hydrogens is 449 g/mol. The van der Waals surface area contributed by atoms with Gasteiger partial charge in [-0.2, -0.15) is 0 Å². The third-order valence-corrected chi connectivity index (χ3v) is 5.76. The molecule has 0 saturated heterocycles. The Hall–Kier alpha value is -2.12. The zero-order chi connectivity index (χ0) is 22.4. The van der Waals surface area contributed by atoms with Gasteiger partial charge in [-0.3, -0.25) is 9.59 Å². The zero-order valence-electron chi connectivity index (χ0n) is 18.6. The summed E-state index contributed by atoms with van der Waals surface area (Å²) in [6, 6.07) is 13.2. The second kappa shape index (κ2) is 12.2. The number of carbonyl (C=O) groups excluding carboxylic acids is 2. The maximum absolute atomic E-state index is 12.8. The van der Waals surface area contributed by atoms with Crippen LogP contribution in [0.1, 0.15) is 55.1 Å². The lowest BCUT2D eigenvalue weighted by Gasteiger charge is -2.39. The molecule has 0 fully saturated rings. The first-order valence-electron chi connectivity index (χ1n) is 10.8. The van der Waals surface area contributed by atoms with Crippen molar-refractivity contribution in [2.45, 2.75) is 45.2 Å². The first-order chi connectivity index (χ1) is 14.9. The number of hydrogen-bond acceptors (Lipinski definition) is 4. The predicted molar refractivity (Wildman–Crippen MR) is 124 cm³/mol. The Balaban J connectivity index is 0.00000363. The Kier molecular flexibility index (Phi) is 9.97. The quantitative estimate of drug-likeness (QED) is 0.412. The summed E-state index contributed by atoms with van der Waals surface area (Å²) in [6.07, 6.45) is 1.85.